The molecule has 0 aliphatic heterocycles. The quantitative estimate of drug-likeness (QED) is 0.597. The summed E-state index contributed by atoms with van der Waals surface area (Å²) in [5.74, 6) is 0. The molecular formula is C7H17NO3S. The lowest BCUT2D eigenvalue weighted by molar-refractivity contribution is -0.899. The van der Waals surface area contributed by atoms with E-state index in [4.69, 9.17) is 0 Å². The Morgan fingerprint density at radius 3 is 1.58 bits per heavy atom. The van der Waals surface area contributed by atoms with Gasteiger partial charge in [-0.2, -0.15) is 0 Å². The van der Waals surface area contributed by atoms with Crippen molar-refractivity contribution in [2.24, 2.45) is 0 Å². The zero-order valence-electron chi connectivity index (χ0n) is 8.05. The van der Waals surface area contributed by atoms with Crippen molar-refractivity contribution >= 4 is 10.1 Å². The fourth-order valence-corrected chi connectivity index (χ4v) is 2.77. The van der Waals surface area contributed by atoms with E-state index in [1.165, 1.54) is 0 Å². The average molecular weight is 195 g/mol. The first-order chi connectivity index (χ1) is 5.31. The van der Waals surface area contributed by atoms with Crippen molar-refractivity contribution in [1.82, 2.24) is 0 Å². The van der Waals surface area contributed by atoms with Gasteiger partial charge in [-0.25, -0.2) is 8.42 Å². The van der Waals surface area contributed by atoms with Gasteiger partial charge in [-0.15, -0.1) is 0 Å². The molecule has 0 heterocycles. The van der Waals surface area contributed by atoms with Crippen LogP contribution >= 0.6 is 0 Å². The molecule has 0 aliphatic carbocycles. The minimum Gasteiger partial charge on any atom is -0.743 e. The third kappa shape index (κ3) is 1.78. The van der Waals surface area contributed by atoms with Crippen molar-refractivity contribution in [3.8, 4) is 0 Å². The molecule has 0 aromatic heterocycles. The molecule has 0 atom stereocenters. The lowest BCUT2D eigenvalue weighted by atomic mass is 10.1. The highest BCUT2D eigenvalue weighted by atomic mass is 32.2. The molecule has 0 fully saturated rings. The van der Waals surface area contributed by atoms with Crippen molar-refractivity contribution in [2.45, 2.75) is 31.6 Å². The summed E-state index contributed by atoms with van der Waals surface area (Å²) >= 11 is 0. The molecule has 0 bridgehead atoms. The average Bonchev–Trinajstić information content (AvgIpc) is 1.87. The first-order valence-corrected chi connectivity index (χ1v) is 5.48. The third-order valence-electron chi connectivity index (χ3n) is 2.53. The number of hydrogen-bond acceptors (Lipinski definition) is 3. The first-order valence-electron chi connectivity index (χ1n) is 4.08. The van der Waals surface area contributed by atoms with Gasteiger partial charge in [0, 0.05) is 12.8 Å². The third-order valence-corrected chi connectivity index (χ3v) is 4.47. The zero-order chi connectivity index (χ0) is 9.99. The minimum atomic E-state index is -4.21. The maximum absolute atomic E-state index is 11.0. The molecule has 0 saturated heterocycles. The van der Waals surface area contributed by atoms with E-state index in [1.54, 1.807) is 27.9 Å². The number of hydrogen-bond donors (Lipinski definition) is 1. The SMILES string of the molecule is CCC(CC)([NH+](C)C)S(=O)(=O)[O-]. The minimum absolute atomic E-state index is 0.359. The van der Waals surface area contributed by atoms with Gasteiger partial charge in [0.15, 0.2) is 15.0 Å². The van der Waals surface area contributed by atoms with E-state index in [1.807, 2.05) is 0 Å². The van der Waals surface area contributed by atoms with Crippen LogP contribution < -0.4 is 4.90 Å². The van der Waals surface area contributed by atoms with E-state index < -0.39 is 15.0 Å². The Labute approximate surface area is 74.3 Å². The number of rotatable bonds is 4. The Morgan fingerprint density at radius 1 is 1.25 bits per heavy atom. The predicted octanol–water partition coefficient (Wildman–Crippen LogP) is -0.808. The second kappa shape index (κ2) is 3.72. The van der Waals surface area contributed by atoms with Gasteiger partial charge in [0.25, 0.3) is 0 Å². The van der Waals surface area contributed by atoms with Crippen molar-refractivity contribution in [3.63, 3.8) is 0 Å². The van der Waals surface area contributed by atoms with Crippen LogP contribution in [0.3, 0.4) is 0 Å². The Morgan fingerprint density at radius 2 is 1.58 bits per heavy atom. The molecule has 74 valence electrons. The molecule has 0 radical (unpaired) electrons. The summed E-state index contributed by atoms with van der Waals surface area (Å²) in [7, 11) is -0.819. The molecule has 0 aromatic rings. The maximum Gasteiger partial charge on any atom is 0.186 e. The van der Waals surface area contributed by atoms with E-state index in [-0.39, 0.29) is 0 Å². The number of nitrogens with one attached hydrogen (secondary N) is 1. The molecule has 12 heavy (non-hydrogen) atoms. The van der Waals surface area contributed by atoms with Crippen LogP contribution in [0.4, 0.5) is 0 Å². The molecular weight excluding hydrogens is 178 g/mol. The standard InChI is InChI=1S/C7H17NO3S/c1-5-7(6-2,8(3)4)12(9,10)11/h5-6H2,1-4H3,(H,9,10,11). The van der Waals surface area contributed by atoms with Crippen LogP contribution in [0.1, 0.15) is 26.7 Å². The lowest BCUT2D eigenvalue weighted by Gasteiger charge is -2.36. The summed E-state index contributed by atoms with van der Waals surface area (Å²) < 4.78 is 32.9. The van der Waals surface area contributed by atoms with E-state index in [2.05, 4.69) is 0 Å². The lowest BCUT2D eigenvalue weighted by Crippen LogP contribution is -3.16. The predicted molar refractivity (Wildman–Crippen MR) is 45.8 cm³/mol. The van der Waals surface area contributed by atoms with Crippen LogP contribution in [0, 0.1) is 0 Å². The van der Waals surface area contributed by atoms with Crippen LogP contribution in [0.5, 0.6) is 0 Å². The van der Waals surface area contributed by atoms with Crippen molar-refractivity contribution < 1.29 is 17.9 Å². The molecule has 0 amide bonds. The van der Waals surface area contributed by atoms with Crippen LogP contribution in [0.25, 0.3) is 0 Å². The first kappa shape index (κ1) is 11.9. The summed E-state index contributed by atoms with van der Waals surface area (Å²) in [5.41, 5.74) is 0. The van der Waals surface area contributed by atoms with Gasteiger partial charge < -0.3 is 9.45 Å². The van der Waals surface area contributed by atoms with Crippen LogP contribution in [-0.2, 0) is 10.1 Å². The van der Waals surface area contributed by atoms with Gasteiger partial charge in [0.05, 0.1) is 14.1 Å². The summed E-state index contributed by atoms with van der Waals surface area (Å²) in [4.78, 5) is -0.463. The molecule has 0 aliphatic rings. The molecule has 4 nitrogen and oxygen atoms in total. The Hall–Kier alpha value is -0.130. The molecule has 0 rings (SSSR count). The monoisotopic (exact) mass is 195 g/mol. The van der Waals surface area contributed by atoms with Gasteiger partial charge in [-0.3, -0.25) is 0 Å². The Bertz CT molecular complexity index is 229. The fourth-order valence-electron chi connectivity index (χ4n) is 1.56. The zero-order valence-corrected chi connectivity index (χ0v) is 8.86. The second-order valence-corrected chi connectivity index (χ2v) is 4.85. The van der Waals surface area contributed by atoms with Crippen molar-refractivity contribution in [3.05, 3.63) is 0 Å². The van der Waals surface area contributed by atoms with Crippen LogP contribution in [0.2, 0.25) is 0 Å². The summed E-state index contributed by atoms with van der Waals surface area (Å²) in [6.45, 7) is 3.46. The Balaban J connectivity index is 5.12. The number of quaternary nitrogens is 1. The normalized spacial score (nSPS) is 13.8. The van der Waals surface area contributed by atoms with Gasteiger partial charge >= 0.3 is 0 Å². The maximum atomic E-state index is 11.0. The van der Waals surface area contributed by atoms with E-state index in [0.717, 1.165) is 0 Å². The van der Waals surface area contributed by atoms with Gasteiger partial charge in [-0.1, -0.05) is 13.8 Å². The van der Waals surface area contributed by atoms with Crippen LogP contribution in [0.15, 0.2) is 0 Å². The molecule has 0 unspecified atom stereocenters. The summed E-state index contributed by atoms with van der Waals surface area (Å²) in [5, 5.41) is 0. The van der Waals surface area contributed by atoms with Crippen LogP contribution in [-0.4, -0.2) is 31.9 Å². The smallest absolute Gasteiger partial charge is 0.186 e. The van der Waals surface area contributed by atoms with Gasteiger partial charge in [-0.05, 0) is 0 Å². The largest absolute Gasteiger partial charge is 0.743 e. The molecule has 5 heteroatoms. The Kier molecular flexibility index (Phi) is 3.68. The van der Waals surface area contributed by atoms with E-state index in [9.17, 15) is 13.0 Å². The highest BCUT2D eigenvalue weighted by molar-refractivity contribution is 7.86. The molecule has 0 aromatic carbocycles. The summed E-state index contributed by atoms with van der Waals surface area (Å²) in [6, 6.07) is 0. The molecule has 0 spiro atoms. The van der Waals surface area contributed by atoms with E-state index >= 15 is 0 Å². The second-order valence-electron chi connectivity index (χ2n) is 3.16. The van der Waals surface area contributed by atoms with E-state index in [0.29, 0.717) is 17.7 Å². The highest BCUT2D eigenvalue weighted by Crippen LogP contribution is 2.16. The van der Waals surface area contributed by atoms with Crippen molar-refractivity contribution in [2.75, 3.05) is 14.1 Å². The van der Waals surface area contributed by atoms with Crippen molar-refractivity contribution in [1.29, 1.82) is 0 Å². The highest BCUT2D eigenvalue weighted by Gasteiger charge is 2.40. The fraction of sp³-hybridized carbons (Fsp3) is 1.00. The van der Waals surface area contributed by atoms with Gasteiger partial charge in [0.1, 0.15) is 0 Å². The summed E-state index contributed by atoms with van der Waals surface area (Å²) in [6.07, 6.45) is 0.718. The van der Waals surface area contributed by atoms with Gasteiger partial charge in [0.2, 0.25) is 0 Å². The topological polar surface area (TPSA) is 61.6 Å². The molecule has 0 saturated carbocycles. The molecule has 1 N–H and O–H groups in total.